The number of hydrogen-bond acceptors (Lipinski definition) is 5. The average Bonchev–Trinajstić information content (AvgIpc) is 2.41. The number of anilines is 1. The lowest BCUT2D eigenvalue weighted by molar-refractivity contribution is -0.139. The number of piperazine rings is 1. The van der Waals surface area contributed by atoms with Crippen LogP contribution in [0.4, 0.5) is 10.2 Å². The van der Waals surface area contributed by atoms with Crippen molar-refractivity contribution in [3.63, 3.8) is 0 Å². The molecule has 1 atom stereocenters. The summed E-state index contributed by atoms with van der Waals surface area (Å²) < 4.78 is 14.2. The Bertz CT molecular complexity index is 537. The molecular formula is C12H15FN4O3. The maximum atomic E-state index is 14.2. The number of amides is 1. The van der Waals surface area contributed by atoms with Gasteiger partial charge in [-0.15, -0.1) is 0 Å². The van der Waals surface area contributed by atoms with E-state index in [4.69, 9.17) is 5.11 Å². The Balaban J connectivity index is 2.37. The third-order valence-corrected chi connectivity index (χ3v) is 3.15. The van der Waals surface area contributed by atoms with E-state index in [1.807, 2.05) is 0 Å². The van der Waals surface area contributed by atoms with Gasteiger partial charge in [-0.05, 0) is 6.42 Å². The van der Waals surface area contributed by atoms with Crippen molar-refractivity contribution in [3.8, 4) is 0 Å². The summed E-state index contributed by atoms with van der Waals surface area (Å²) in [4.78, 5) is 31.8. The Morgan fingerprint density at radius 2 is 2.35 bits per heavy atom. The van der Waals surface area contributed by atoms with Gasteiger partial charge < -0.3 is 15.3 Å². The van der Waals surface area contributed by atoms with E-state index in [9.17, 15) is 14.0 Å². The van der Waals surface area contributed by atoms with Crippen molar-refractivity contribution in [3.05, 3.63) is 17.8 Å². The predicted octanol–water partition coefficient (Wildman–Crippen LogP) is -0.0424. The standard InChI is InChI=1S/C12H15FN4O3/c1-2-7-10(13)11(16-6-15-7)17-4-3-14-12(20)8(17)5-9(18)19/h6,8H,2-5H2,1H3,(H,14,20)(H,18,19). The number of aliphatic carboxylic acids is 1. The Hall–Kier alpha value is -2.25. The van der Waals surface area contributed by atoms with Crippen LogP contribution in [0, 0.1) is 5.82 Å². The lowest BCUT2D eigenvalue weighted by atomic mass is 10.1. The first-order valence-electron chi connectivity index (χ1n) is 6.30. The van der Waals surface area contributed by atoms with Gasteiger partial charge in [0.2, 0.25) is 5.91 Å². The lowest BCUT2D eigenvalue weighted by Crippen LogP contribution is -2.56. The number of carboxylic acids is 1. The van der Waals surface area contributed by atoms with Crippen LogP contribution in [-0.4, -0.2) is 46.1 Å². The van der Waals surface area contributed by atoms with Crippen molar-refractivity contribution < 1.29 is 19.1 Å². The van der Waals surface area contributed by atoms with E-state index in [0.717, 1.165) is 0 Å². The summed E-state index contributed by atoms with van der Waals surface area (Å²) in [7, 11) is 0. The molecule has 0 saturated carbocycles. The first kappa shape index (κ1) is 14.2. The molecule has 2 N–H and O–H groups in total. The van der Waals surface area contributed by atoms with Gasteiger partial charge >= 0.3 is 5.97 Å². The molecule has 108 valence electrons. The van der Waals surface area contributed by atoms with Crippen molar-refractivity contribution in [2.24, 2.45) is 0 Å². The Kier molecular flexibility index (Phi) is 4.11. The van der Waals surface area contributed by atoms with Crippen molar-refractivity contribution in [1.82, 2.24) is 15.3 Å². The number of rotatable bonds is 4. The molecular weight excluding hydrogens is 267 g/mol. The summed E-state index contributed by atoms with van der Waals surface area (Å²) in [5, 5.41) is 11.5. The van der Waals surface area contributed by atoms with Gasteiger partial charge in [-0.25, -0.2) is 14.4 Å². The van der Waals surface area contributed by atoms with E-state index in [2.05, 4.69) is 15.3 Å². The highest BCUT2D eigenvalue weighted by molar-refractivity contribution is 5.90. The molecule has 0 aliphatic carbocycles. The molecule has 0 bridgehead atoms. The number of nitrogens with zero attached hydrogens (tertiary/aromatic N) is 3. The van der Waals surface area contributed by atoms with Gasteiger partial charge in [0.05, 0.1) is 12.1 Å². The number of nitrogens with one attached hydrogen (secondary N) is 1. The summed E-state index contributed by atoms with van der Waals surface area (Å²) in [6.45, 7) is 2.38. The smallest absolute Gasteiger partial charge is 0.305 e. The maximum Gasteiger partial charge on any atom is 0.305 e. The molecule has 1 unspecified atom stereocenters. The Morgan fingerprint density at radius 1 is 1.60 bits per heavy atom. The maximum absolute atomic E-state index is 14.2. The molecule has 7 nitrogen and oxygen atoms in total. The monoisotopic (exact) mass is 282 g/mol. The highest BCUT2D eigenvalue weighted by atomic mass is 19.1. The second-order valence-electron chi connectivity index (χ2n) is 4.41. The van der Waals surface area contributed by atoms with Gasteiger partial charge in [-0.1, -0.05) is 6.92 Å². The van der Waals surface area contributed by atoms with Crippen LogP contribution in [-0.2, 0) is 16.0 Å². The summed E-state index contributed by atoms with van der Waals surface area (Å²) >= 11 is 0. The van der Waals surface area contributed by atoms with Crippen LogP contribution in [0.5, 0.6) is 0 Å². The molecule has 2 rings (SSSR count). The molecule has 0 spiro atoms. The number of carbonyl (C=O) groups is 2. The van der Waals surface area contributed by atoms with Crippen LogP contribution in [0.3, 0.4) is 0 Å². The van der Waals surface area contributed by atoms with Crippen molar-refractivity contribution in [2.75, 3.05) is 18.0 Å². The van der Waals surface area contributed by atoms with E-state index in [0.29, 0.717) is 19.5 Å². The zero-order chi connectivity index (χ0) is 14.7. The molecule has 1 saturated heterocycles. The Labute approximate surface area is 114 Å². The van der Waals surface area contributed by atoms with E-state index in [1.165, 1.54) is 11.2 Å². The van der Waals surface area contributed by atoms with E-state index in [1.54, 1.807) is 6.92 Å². The number of carboxylic acid groups (broad SMARTS) is 1. The van der Waals surface area contributed by atoms with E-state index in [-0.39, 0.29) is 11.5 Å². The number of halogens is 1. The quantitative estimate of drug-likeness (QED) is 0.804. The normalized spacial score (nSPS) is 18.8. The van der Waals surface area contributed by atoms with Gasteiger partial charge in [-0.2, -0.15) is 0 Å². The molecule has 1 aliphatic heterocycles. The largest absolute Gasteiger partial charge is 0.481 e. The molecule has 8 heteroatoms. The summed E-state index contributed by atoms with van der Waals surface area (Å²) in [5.74, 6) is -2.17. The first-order valence-corrected chi connectivity index (χ1v) is 6.30. The zero-order valence-electron chi connectivity index (χ0n) is 11.0. The average molecular weight is 282 g/mol. The van der Waals surface area contributed by atoms with E-state index < -0.39 is 30.2 Å². The van der Waals surface area contributed by atoms with Crippen molar-refractivity contribution >= 4 is 17.7 Å². The lowest BCUT2D eigenvalue weighted by Gasteiger charge is -2.35. The topological polar surface area (TPSA) is 95.4 Å². The van der Waals surface area contributed by atoms with Crippen LogP contribution in [0.25, 0.3) is 0 Å². The zero-order valence-corrected chi connectivity index (χ0v) is 11.0. The molecule has 1 fully saturated rings. The van der Waals surface area contributed by atoms with Gasteiger partial charge in [0.15, 0.2) is 11.6 Å². The SMILES string of the molecule is CCc1ncnc(N2CCNC(=O)C2CC(=O)O)c1F. The third-order valence-electron chi connectivity index (χ3n) is 3.15. The van der Waals surface area contributed by atoms with Crippen molar-refractivity contribution in [2.45, 2.75) is 25.8 Å². The minimum absolute atomic E-state index is 0.0158. The second-order valence-corrected chi connectivity index (χ2v) is 4.41. The first-order chi connectivity index (χ1) is 9.54. The number of carbonyl (C=O) groups excluding carboxylic acids is 1. The van der Waals surface area contributed by atoms with Crippen LogP contribution < -0.4 is 10.2 Å². The molecule has 0 radical (unpaired) electrons. The highest BCUT2D eigenvalue weighted by Gasteiger charge is 2.34. The summed E-state index contributed by atoms with van der Waals surface area (Å²) in [6.07, 6.45) is 1.21. The molecule has 1 aliphatic rings. The fourth-order valence-electron chi connectivity index (χ4n) is 2.18. The van der Waals surface area contributed by atoms with Gasteiger partial charge in [0, 0.05) is 13.1 Å². The molecule has 20 heavy (non-hydrogen) atoms. The summed E-state index contributed by atoms with van der Waals surface area (Å²) in [6, 6.07) is -0.963. The van der Waals surface area contributed by atoms with Crippen LogP contribution in [0.1, 0.15) is 19.0 Å². The third kappa shape index (κ3) is 2.68. The van der Waals surface area contributed by atoms with Gasteiger partial charge in [0.25, 0.3) is 0 Å². The number of hydrogen-bond donors (Lipinski definition) is 2. The van der Waals surface area contributed by atoms with Crippen molar-refractivity contribution in [1.29, 1.82) is 0 Å². The van der Waals surface area contributed by atoms with Crippen LogP contribution in [0.15, 0.2) is 6.33 Å². The fraction of sp³-hybridized carbons (Fsp3) is 0.500. The second kappa shape index (κ2) is 5.81. The molecule has 1 aromatic rings. The fourth-order valence-corrected chi connectivity index (χ4v) is 2.18. The van der Waals surface area contributed by atoms with Crippen LogP contribution >= 0.6 is 0 Å². The van der Waals surface area contributed by atoms with Gasteiger partial charge in [-0.3, -0.25) is 9.59 Å². The minimum Gasteiger partial charge on any atom is -0.481 e. The molecule has 1 amide bonds. The highest BCUT2D eigenvalue weighted by Crippen LogP contribution is 2.23. The number of aromatic nitrogens is 2. The molecule has 0 aromatic carbocycles. The summed E-state index contributed by atoms with van der Waals surface area (Å²) in [5.41, 5.74) is 0.245. The molecule has 1 aromatic heterocycles. The number of aryl methyl sites for hydroxylation is 1. The Morgan fingerprint density at radius 3 is 3.00 bits per heavy atom. The predicted molar refractivity (Wildman–Crippen MR) is 67.8 cm³/mol. The molecule has 2 heterocycles. The minimum atomic E-state index is -1.12. The van der Waals surface area contributed by atoms with Crippen LogP contribution in [0.2, 0.25) is 0 Å². The van der Waals surface area contributed by atoms with Gasteiger partial charge in [0.1, 0.15) is 12.4 Å². The van der Waals surface area contributed by atoms with E-state index >= 15 is 0 Å².